The summed E-state index contributed by atoms with van der Waals surface area (Å²) >= 11 is 0. The molecule has 1 heterocycles. The van der Waals surface area contributed by atoms with E-state index in [0.717, 1.165) is 25.8 Å². The van der Waals surface area contributed by atoms with Crippen molar-refractivity contribution in [2.45, 2.75) is 57.0 Å². The van der Waals surface area contributed by atoms with Gasteiger partial charge in [-0.15, -0.1) is 0 Å². The summed E-state index contributed by atoms with van der Waals surface area (Å²) in [6.07, 6.45) is 8.51. The van der Waals surface area contributed by atoms with Gasteiger partial charge in [0.05, 0.1) is 0 Å². The Morgan fingerprint density at radius 1 is 1.14 bits per heavy atom. The molecule has 1 aliphatic carbocycles. The van der Waals surface area contributed by atoms with Crippen LogP contribution in [0.4, 0.5) is 0 Å². The minimum atomic E-state index is -0.150. The minimum absolute atomic E-state index is 0.150. The molecular formula is C18H26N2O. The molecule has 0 bridgehead atoms. The molecule has 1 atom stereocenters. The van der Waals surface area contributed by atoms with E-state index in [1.54, 1.807) is 0 Å². The molecule has 114 valence electrons. The van der Waals surface area contributed by atoms with Crippen molar-refractivity contribution in [3.05, 3.63) is 35.4 Å². The Morgan fingerprint density at radius 2 is 1.86 bits per heavy atom. The van der Waals surface area contributed by atoms with E-state index in [9.17, 15) is 4.79 Å². The summed E-state index contributed by atoms with van der Waals surface area (Å²) in [5.74, 6) is 0.244. The number of carbonyl (C=O) groups is 1. The fraction of sp³-hybridized carbons (Fsp3) is 0.611. The predicted octanol–water partition coefficient (Wildman–Crippen LogP) is 3.05. The number of nitrogens with one attached hydrogen (secondary N) is 1. The van der Waals surface area contributed by atoms with Crippen molar-refractivity contribution in [2.24, 2.45) is 0 Å². The monoisotopic (exact) mass is 286 g/mol. The van der Waals surface area contributed by atoms with E-state index in [4.69, 9.17) is 0 Å². The van der Waals surface area contributed by atoms with Gasteiger partial charge in [0.25, 0.3) is 0 Å². The zero-order chi connectivity index (χ0) is 14.7. The van der Waals surface area contributed by atoms with E-state index >= 15 is 0 Å². The molecule has 0 radical (unpaired) electrons. The van der Waals surface area contributed by atoms with E-state index in [1.807, 2.05) is 18.0 Å². The van der Waals surface area contributed by atoms with Crippen molar-refractivity contribution in [2.75, 3.05) is 13.6 Å². The molecule has 1 aromatic rings. The maximum atomic E-state index is 12.9. The van der Waals surface area contributed by atoms with Gasteiger partial charge in [-0.05, 0) is 30.4 Å². The molecule has 21 heavy (non-hydrogen) atoms. The van der Waals surface area contributed by atoms with Crippen LogP contribution in [0, 0.1) is 0 Å². The van der Waals surface area contributed by atoms with Crippen molar-refractivity contribution in [3.8, 4) is 0 Å². The fourth-order valence-electron chi connectivity index (χ4n) is 3.75. The number of nitrogens with zero attached hydrogens (tertiary/aromatic N) is 1. The van der Waals surface area contributed by atoms with Crippen LogP contribution in [0.15, 0.2) is 24.3 Å². The topological polar surface area (TPSA) is 32.3 Å². The highest BCUT2D eigenvalue weighted by molar-refractivity contribution is 5.84. The SMILES string of the molecule is CN(C(=O)C1NCCc2ccccc21)C1CCCCCC1. The molecular weight excluding hydrogens is 260 g/mol. The molecule has 1 unspecified atom stereocenters. The lowest BCUT2D eigenvalue weighted by molar-refractivity contribution is -0.134. The quantitative estimate of drug-likeness (QED) is 0.848. The van der Waals surface area contributed by atoms with Crippen LogP contribution in [0.5, 0.6) is 0 Å². The third kappa shape index (κ3) is 3.13. The molecule has 0 spiro atoms. The van der Waals surface area contributed by atoms with Crippen LogP contribution < -0.4 is 5.32 Å². The molecule has 1 fully saturated rings. The zero-order valence-corrected chi connectivity index (χ0v) is 13.0. The molecule has 1 N–H and O–H groups in total. The first kappa shape index (κ1) is 14.6. The molecule has 1 saturated carbocycles. The van der Waals surface area contributed by atoms with Gasteiger partial charge < -0.3 is 10.2 Å². The molecule has 1 aromatic carbocycles. The van der Waals surface area contributed by atoms with Crippen molar-refractivity contribution in [1.29, 1.82) is 0 Å². The maximum Gasteiger partial charge on any atom is 0.244 e. The highest BCUT2D eigenvalue weighted by atomic mass is 16.2. The van der Waals surface area contributed by atoms with Gasteiger partial charge in [0.15, 0.2) is 0 Å². The number of rotatable bonds is 2. The molecule has 2 aliphatic rings. The lowest BCUT2D eigenvalue weighted by Gasteiger charge is -2.33. The van der Waals surface area contributed by atoms with Gasteiger partial charge in [-0.3, -0.25) is 4.79 Å². The molecule has 0 saturated heterocycles. The Kier molecular flexibility index (Phi) is 4.59. The lowest BCUT2D eigenvalue weighted by atomic mass is 9.93. The second-order valence-electron chi connectivity index (χ2n) is 6.43. The first-order chi connectivity index (χ1) is 10.3. The van der Waals surface area contributed by atoms with Crippen LogP contribution in [0.1, 0.15) is 55.7 Å². The van der Waals surface area contributed by atoms with E-state index in [0.29, 0.717) is 6.04 Å². The van der Waals surface area contributed by atoms with Gasteiger partial charge in [0.2, 0.25) is 5.91 Å². The van der Waals surface area contributed by atoms with Gasteiger partial charge in [0, 0.05) is 19.6 Å². The van der Waals surface area contributed by atoms with Crippen molar-refractivity contribution in [3.63, 3.8) is 0 Å². The smallest absolute Gasteiger partial charge is 0.244 e. The number of benzene rings is 1. The summed E-state index contributed by atoms with van der Waals surface area (Å²) in [6, 6.07) is 8.64. The van der Waals surface area contributed by atoms with Crippen LogP contribution in [-0.2, 0) is 11.2 Å². The normalized spacial score (nSPS) is 23.2. The Hall–Kier alpha value is -1.35. The molecule has 3 nitrogen and oxygen atoms in total. The molecule has 1 aliphatic heterocycles. The van der Waals surface area contributed by atoms with Gasteiger partial charge in [0.1, 0.15) is 6.04 Å². The van der Waals surface area contributed by atoms with Crippen LogP contribution in [0.3, 0.4) is 0 Å². The highest BCUT2D eigenvalue weighted by Crippen LogP contribution is 2.27. The lowest BCUT2D eigenvalue weighted by Crippen LogP contribution is -2.46. The van der Waals surface area contributed by atoms with E-state index in [1.165, 1.54) is 36.8 Å². The van der Waals surface area contributed by atoms with Gasteiger partial charge in [-0.2, -0.15) is 0 Å². The number of likely N-dealkylation sites (N-methyl/N-ethyl adjacent to an activating group) is 1. The first-order valence-corrected chi connectivity index (χ1v) is 8.35. The summed E-state index contributed by atoms with van der Waals surface area (Å²) in [5.41, 5.74) is 2.50. The standard InChI is InChI=1S/C18H26N2O/c1-20(15-9-4-2-3-5-10-15)18(21)17-16-11-7-6-8-14(16)12-13-19-17/h6-8,11,15,17,19H,2-5,9-10,12-13H2,1H3. The zero-order valence-electron chi connectivity index (χ0n) is 13.0. The second-order valence-corrected chi connectivity index (χ2v) is 6.43. The van der Waals surface area contributed by atoms with Crippen molar-refractivity contribution in [1.82, 2.24) is 10.2 Å². The highest BCUT2D eigenvalue weighted by Gasteiger charge is 2.31. The van der Waals surface area contributed by atoms with Crippen molar-refractivity contribution >= 4 is 5.91 Å². The van der Waals surface area contributed by atoms with Crippen LogP contribution in [0.25, 0.3) is 0 Å². The second kappa shape index (κ2) is 6.61. The summed E-state index contributed by atoms with van der Waals surface area (Å²) < 4.78 is 0. The predicted molar refractivity (Wildman–Crippen MR) is 85.1 cm³/mol. The van der Waals surface area contributed by atoms with Crippen LogP contribution in [0.2, 0.25) is 0 Å². The molecule has 3 heteroatoms. The number of carbonyl (C=O) groups excluding carboxylic acids is 1. The maximum absolute atomic E-state index is 12.9. The minimum Gasteiger partial charge on any atom is -0.341 e. The fourth-order valence-corrected chi connectivity index (χ4v) is 3.75. The average molecular weight is 286 g/mol. The molecule has 0 aromatic heterocycles. The Balaban J connectivity index is 1.76. The van der Waals surface area contributed by atoms with E-state index < -0.39 is 0 Å². The Labute approximate surface area is 127 Å². The third-order valence-corrected chi connectivity index (χ3v) is 5.08. The van der Waals surface area contributed by atoms with Crippen LogP contribution >= 0.6 is 0 Å². The van der Waals surface area contributed by atoms with E-state index in [2.05, 4.69) is 23.5 Å². The first-order valence-electron chi connectivity index (χ1n) is 8.35. The summed E-state index contributed by atoms with van der Waals surface area (Å²) in [4.78, 5) is 15.0. The average Bonchev–Trinajstić information content (AvgIpc) is 2.82. The van der Waals surface area contributed by atoms with Gasteiger partial charge in [-0.1, -0.05) is 49.9 Å². The van der Waals surface area contributed by atoms with Gasteiger partial charge in [-0.25, -0.2) is 0 Å². The summed E-state index contributed by atoms with van der Waals surface area (Å²) in [7, 11) is 2.00. The summed E-state index contributed by atoms with van der Waals surface area (Å²) in [5, 5.41) is 3.42. The number of hydrogen-bond donors (Lipinski definition) is 1. The molecule has 1 amide bonds. The summed E-state index contributed by atoms with van der Waals surface area (Å²) in [6.45, 7) is 0.895. The molecule has 3 rings (SSSR count). The van der Waals surface area contributed by atoms with Crippen LogP contribution in [-0.4, -0.2) is 30.4 Å². The largest absolute Gasteiger partial charge is 0.341 e. The number of fused-ring (bicyclic) bond motifs is 1. The van der Waals surface area contributed by atoms with Gasteiger partial charge >= 0.3 is 0 Å². The third-order valence-electron chi connectivity index (χ3n) is 5.08. The van der Waals surface area contributed by atoms with Crippen molar-refractivity contribution < 1.29 is 4.79 Å². The number of amides is 1. The Morgan fingerprint density at radius 3 is 2.62 bits per heavy atom. The number of hydrogen-bond acceptors (Lipinski definition) is 2. The Bertz CT molecular complexity index is 492. The van der Waals surface area contributed by atoms with E-state index in [-0.39, 0.29) is 11.9 Å².